The molecule has 0 unspecified atom stereocenters. The Morgan fingerprint density at radius 1 is 0.884 bits per heavy atom. The number of esters is 1. The second kappa shape index (κ2) is 11.7. The van der Waals surface area contributed by atoms with Gasteiger partial charge in [-0.2, -0.15) is 0 Å². The minimum Gasteiger partial charge on any atom is -0.462 e. The number of benzene rings is 4. The predicted octanol–water partition coefficient (Wildman–Crippen LogP) is 6.50. The first-order valence-corrected chi connectivity index (χ1v) is 14.1. The largest absolute Gasteiger partial charge is 0.462 e. The van der Waals surface area contributed by atoms with Crippen molar-refractivity contribution in [2.24, 2.45) is 12.0 Å². The summed E-state index contributed by atoms with van der Waals surface area (Å²) < 4.78 is 8.93. The molecule has 212 valence electrons. The van der Waals surface area contributed by atoms with E-state index in [9.17, 15) is 9.59 Å². The molecule has 0 bridgehead atoms. The van der Waals surface area contributed by atoms with Gasteiger partial charge in [0.2, 0.25) is 11.4 Å². The molecule has 2 aromatic heterocycles. The molecule has 0 saturated carbocycles. The van der Waals surface area contributed by atoms with Crippen molar-refractivity contribution in [1.82, 2.24) is 14.1 Å². The number of hydrogen-bond acceptors (Lipinski definition) is 5. The van der Waals surface area contributed by atoms with Crippen LogP contribution in [0, 0.1) is 0 Å². The summed E-state index contributed by atoms with van der Waals surface area (Å²) in [6, 6.07) is 36.5. The number of rotatable bonds is 8. The van der Waals surface area contributed by atoms with E-state index in [1.807, 2.05) is 72.9 Å². The fourth-order valence-corrected chi connectivity index (χ4v) is 5.67. The molecule has 7 heteroatoms. The molecule has 0 aliphatic heterocycles. The third-order valence-corrected chi connectivity index (χ3v) is 7.60. The van der Waals surface area contributed by atoms with Crippen molar-refractivity contribution < 1.29 is 9.53 Å². The summed E-state index contributed by atoms with van der Waals surface area (Å²) in [6.45, 7) is 1.91. The summed E-state index contributed by atoms with van der Waals surface area (Å²) in [5.74, 6) is -0.107. The first kappa shape index (κ1) is 27.6. The Kier molecular flexibility index (Phi) is 7.54. The fraction of sp³-hybridized carbons (Fsp3) is 0.111. The third kappa shape index (κ3) is 4.95. The maximum atomic E-state index is 13.1. The van der Waals surface area contributed by atoms with Crippen LogP contribution < -0.4 is 5.43 Å². The second-order valence-electron chi connectivity index (χ2n) is 10.1. The molecule has 4 aromatic carbocycles. The smallest absolute Gasteiger partial charge is 0.343 e. The number of aryl methyl sites for hydroxylation is 1. The second-order valence-corrected chi connectivity index (χ2v) is 10.1. The lowest BCUT2D eigenvalue weighted by atomic mass is 9.76. The van der Waals surface area contributed by atoms with Crippen LogP contribution in [0.1, 0.15) is 39.5 Å². The van der Waals surface area contributed by atoms with Gasteiger partial charge in [0.1, 0.15) is 11.1 Å². The summed E-state index contributed by atoms with van der Waals surface area (Å²) >= 11 is 0. The molecule has 43 heavy (non-hydrogen) atoms. The van der Waals surface area contributed by atoms with Crippen LogP contribution in [0.15, 0.2) is 138 Å². The van der Waals surface area contributed by atoms with Gasteiger partial charge in [0, 0.05) is 37.2 Å². The maximum Gasteiger partial charge on any atom is 0.343 e. The predicted molar refractivity (Wildman–Crippen MR) is 169 cm³/mol. The summed E-state index contributed by atoms with van der Waals surface area (Å²) in [5, 5.41) is 0.433. The number of carbonyl (C=O) groups is 1. The van der Waals surface area contributed by atoms with Crippen molar-refractivity contribution in [2.75, 3.05) is 6.61 Å². The van der Waals surface area contributed by atoms with Crippen molar-refractivity contribution in [3.05, 3.63) is 166 Å². The molecule has 0 saturated heterocycles. The van der Waals surface area contributed by atoms with Crippen LogP contribution in [0.25, 0.3) is 10.9 Å². The van der Waals surface area contributed by atoms with Crippen LogP contribution in [0.4, 0.5) is 5.95 Å². The normalized spacial score (nSPS) is 11.7. The molecule has 2 heterocycles. The molecular weight excluding hydrogens is 536 g/mol. The van der Waals surface area contributed by atoms with Crippen molar-refractivity contribution in [3.8, 4) is 0 Å². The molecule has 0 N–H and O–H groups in total. The van der Waals surface area contributed by atoms with E-state index >= 15 is 0 Å². The quantitative estimate of drug-likeness (QED) is 0.120. The van der Waals surface area contributed by atoms with Crippen molar-refractivity contribution in [3.63, 3.8) is 0 Å². The van der Waals surface area contributed by atoms with E-state index in [1.54, 1.807) is 37.0 Å². The number of carbonyl (C=O) groups excluding carboxylic acids is 1. The van der Waals surface area contributed by atoms with E-state index in [2.05, 4.69) is 45.9 Å². The Morgan fingerprint density at radius 2 is 1.47 bits per heavy atom. The highest BCUT2D eigenvalue weighted by molar-refractivity contribution is 5.95. The Bertz CT molecular complexity index is 1880. The molecule has 7 nitrogen and oxygen atoms in total. The number of imidazole rings is 1. The Labute approximate surface area is 249 Å². The van der Waals surface area contributed by atoms with Gasteiger partial charge in [-0.25, -0.2) is 14.8 Å². The van der Waals surface area contributed by atoms with E-state index in [1.165, 1.54) is 6.20 Å². The Morgan fingerprint density at radius 3 is 2.02 bits per heavy atom. The lowest BCUT2D eigenvalue weighted by Gasteiger charge is -2.37. The topological polar surface area (TPSA) is 78.5 Å². The van der Waals surface area contributed by atoms with Gasteiger partial charge in [-0.15, -0.1) is 0 Å². The molecule has 0 radical (unpaired) electrons. The molecule has 0 amide bonds. The lowest BCUT2D eigenvalue weighted by molar-refractivity contribution is 0.0524. The molecule has 0 spiro atoms. The van der Waals surface area contributed by atoms with Crippen molar-refractivity contribution in [2.45, 2.75) is 12.5 Å². The van der Waals surface area contributed by atoms with Gasteiger partial charge in [-0.3, -0.25) is 9.36 Å². The monoisotopic (exact) mass is 566 g/mol. The van der Waals surface area contributed by atoms with E-state index in [0.717, 1.165) is 22.3 Å². The van der Waals surface area contributed by atoms with Crippen LogP contribution in [-0.4, -0.2) is 32.9 Å². The molecule has 0 aliphatic carbocycles. The van der Waals surface area contributed by atoms with Crippen LogP contribution in [0.2, 0.25) is 0 Å². The van der Waals surface area contributed by atoms with Crippen molar-refractivity contribution >= 4 is 29.0 Å². The number of fused-ring (bicyclic) bond motifs is 1. The van der Waals surface area contributed by atoms with Crippen LogP contribution in [-0.2, 0) is 17.3 Å². The van der Waals surface area contributed by atoms with E-state index in [4.69, 9.17) is 9.73 Å². The first-order chi connectivity index (χ1) is 21.0. The van der Waals surface area contributed by atoms with Crippen LogP contribution >= 0.6 is 0 Å². The van der Waals surface area contributed by atoms with Gasteiger partial charge in [0.25, 0.3) is 0 Å². The maximum absolute atomic E-state index is 13.1. The number of aliphatic imine (C=N–C) groups is 1. The van der Waals surface area contributed by atoms with Crippen molar-refractivity contribution in [1.29, 1.82) is 0 Å². The number of aromatic nitrogens is 3. The number of hydrogen-bond donors (Lipinski definition) is 0. The van der Waals surface area contributed by atoms with E-state index in [-0.39, 0.29) is 17.6 Å². The molecule has 6 aromatic rings. The average Bonchev–Trinajstić information content (AvgIpc) is 3.52. The standard InChI is InChI=1S/C36H30N4O3/c1-3-43-34(42)31-25-39(2)32-23-26(19-20-30(32)33(31)41)24-38-35-37-21-22-40(35)36(27-13-7-4-8-14-27,28-15-9-5-10-16-28)29-17-11-6-12-18-29/h4-25H,3H2,1-2H3/b38-24+. The van der Waals surface area contributed by atoms with Gasteiger partial charge in [0.15, 0.2) is 0 Å². The number of ether oxygens (including phenoxy) is 1. The van der Waals surface area contributed by atoms with Gasteiger partial charge in [-0.05, 0) is 41.3 Å². The summed E-state index contributed by atoms with van der Waals surface area (Å²) in [4.78, 5) is 34.9. The zero-order valence-electron chi connectivity index (χ0n) is 23.9. The van der Waals surface area contributed by atoms with E-state index < -0.39 is 11.5 Å². The van der Waals surface area contributed by atoms with Gasteiger partial charge < -0.3 is 9.30 Å². The highest BCUT2D eigenvalue weighted by Crippen LogP contribution is 2.42. The minimum absolute atomic E-state index is 0.0133. The first-order valence-electron chi connectivity index (χ1n) is 14.1. The summed E-state index contributed by atoms with van der Waals surface area (Å²) in [5.41, 5.74) is 3.58. The molecule has 6 rings (SSSR count). The third-order valence-electron chi connectivity index (χ3n) is 7.60. The fourth-order valence-electron chi connectivity index (χ4n) is 5.67. The summed E-state index contributed by atoms with van der Waals surface area (Å²) in [7, 11) is 1.80. The Hall–Kier alpha value is -5.56. The average molecular weight is 567 g/mol. The highest BCUT2D eigenvalue weighted by Gasteiger charge is 2.39. The zero-order valence-corrected chi connectivity index (χ0v) is 23.9. The van der Waals surface area contributed by atoms with Gasteiger partial charge in [0.05, 0.1) is 12.1 Å². The van der Waals surface area contributed by atoms with Crippen LogP contribution in [0.5, 0.6) is 0 Å². The lowest BCUT2D eigenvalue weighted by Crippen LogP contribution is -2.37. The minimum atomic E-state index is -0.746. The number of nitrogens with zero attached hydrogens (tertiary/aromatic N) is 4. The molecule has 0 fully saturated rings. The van der Waals surface area contributed by atoms with Gasteiger partial charge in [-0.1, -0.05) is 97.1 Å². The van der Waals surface area contributed by atoms with Crippen LogP contribution in [0.3, 0.4) is 0 Å². The zero-order chi connectivity index (χ0) is 29.8. The highest BCUT2D eigenvalue weighted by atomic mass is 16.5. The van der Waals surface area contributed by atoms with E-state index in [0.29, 0.717) is 16.9 Å². The summed E-state index contributed by atoms with van der Waals surface area (Å²) in [6.07, 6.45) is 6.98. The molecular formula is C36H30N4O3. The molecule has 0 aliphatic rings. The molecule has 0 atom stereocenters. The Balaban J connectivity index is 1.49. The number of pyridine rings is 1. The van der Waals surface area contributed by atoms with Gasteiger partial charge >= 0.3 is 5.97 Å². The SMILES string of the molecule is CCOC(=O)c1cn(C)c2cc(/C=N/c3nccn3C(c3ccccc3)(c3ccccc3)c3ccccc3)ccc2c1=O.